The van der Waals surface area contributed by atoms with Crippen molar-refractivity contribution in [1.29, 1.82) is 0 Å². The van der Waals surface area contributed by atoms with Gasteiger partial charge in [0.15, 0.2) is 0 Å². The van der Waals surface area contributed by atoms with Gasteiger partial charge in [0.1, 0.15) is 46.9 Å². The van der Waals surface area contributed by atoms with Crippen molar-refractivity contribution in [3.05, 3.63) is 131 Å². The molecule has 0 saturated carbocycles. The fourth-order valence-corrected chi connectivity index (χ4v) is 8.05. The number of aromatic hydroxyl groups is 2. The van der Waals surface area contributed by atoms with Gasteiger partial charge in [0.05, 0.1) is 0 Å². The first kappa shape index (κ1) is 59.5. The van der Waals surface area contributed by atoms with E-state index in [4.69, 9.17) is 9.47 Å². The maximum absolute atomic E-state index is 13.8. The van der Waals surface area contributed by atoms with Crippen LogP contribution in [0.1, 0.15) is 128 Å². The number of unbranched alkanes of at least 4 members (excludes halogenated alkanes) is 9. The normalized spacial score (nSPS) is 13.0. The molecule has 0 spiro atoms. The predicted molar refractivity (Wildman–Crippen MR) is 286 cm³/mol. The van der Waals surface area contributed by atoms with Crippen molar-refractivity contribution < 1.29 is 48.5 Å². The van der Waals surface area contributed by atoms with Crippen molar-refractivity contribution in [2.75, 3.05) is 13.1 Å². The van der Waals surface area contributed by atoms with Crippen LogP contribution in [-0.4, -0.2) is 94.5 Å². The first-order valence-corrected chi connectivity index (χ1v) is 26.0. The summed E-state index contributed by atoms with van der Waals surface area (Å²) >= 11 is 0. The molecule has 4 rings (SSSR count). The summed E-state index contributed by atoms with van der Waals surface area (Å²) in [5, 5.41) is 36.8. The molecule has 4 aromatic rings. The van der Waals surface area contributed by atoms with Crippen molar-refractivity contribution in [3.8, 4) is 11.5 Å². The van der Waals surface area contributed by atoms with Crippen LogP contribution < -0.4 is 31.9 Å². The van der Waals surface area contributed by atoms with Crippen LogP contribution in [0, 0.1) is 0 Å². The molecule has 0 heterocycles. The van der Waals surface area contributed by atoms with Gasteiger partial charge in [-0.3, -0.25) is 19.2 Å². The van der Waals surface area contributed by atoms with E-state index in [-0.39, 0.29) is 49.0 Å². The zero-order valence-electron chi connectivity index (χ0n) is 44.2. The number of rotatable bonds is 29. The molecule has 4 aromatic carbocycles. The number of ether oxygens (including phenoxy) is 2. The van der Waals surface area contributed by atoms with Gasteiger partial charge in [-0.25, -0.2) is 9.59 Å². The Kier molecular flexibility index (Phi) is 24.8. The van der Waals surface area contributed by atoms with Gasteiger partial charge >= 0.3 is 12.2 Å². The SMILES string of the molecule is CC(C)(C)OC(=O)N[C@@H](Cc1ccccc1)C(=O)N[C@@H](Cc1ccc(O)cc1)C(=O)NCCCCCCCCCCCCNC(=O)[C@H](Cc1ccc(O)cc1)NC(=O)[C@H](Cc1ccccc1)NC(=O)OC(C)(C)C. The van der Waals surface area contributed by atoms with E-state index in [2.05, 4.69) is 31.9 Å². The number of phenols is 2. The Balaban J connectivity index is 1.17. The summed E-state index contributed by atoms with van der Waals surface area (Å²) in [5.41, 5.74) is 1.57. The number of amides is 6. The summed E-state index contributed by atoms with van der Waals surface area (Å²) in [6.45, 7) is 11.3. The molecule has 6 amide bonds. The van der Waals surface area contributed by atoms with Crippen molar-refractivity contribution in [3.63, 3.8) is 0 Å². The van der Waals surface area contributed by atoms with E-state index in [0.717, 1.165) is 86.5 Å². The molecule has 0 aromatic heterocycles. The Morgan fingerprint density at radius 3 is 0.946 bits per heavy atom. The minimum Gasteiger partial charge on any atom is -0.508 e. The highest BCUT2D eigenvalue weighted by molar-refractivity contribution is 5.92. The Bertz CT molecular complexity index is 2170. The van der Waals surface area contributed by atoms with E-state index in [1.807, 2.05) is 60.7 Å². The number of carbonyl (C=O) groups excluding carboxylic acids is 6. The van der Waals surface area contributed by atoms with Crippen LogP contribution in [-0.2, 0) is 54.3 Å². The topological polar surface area (TPSA) is 234 Å². The molecule has 0 fully saturated rings. The molecule has 0 aliphatic rings. The molecule has 16 nitrogen and oxygen atoms in total. The van der Waals surface area contributed by atoms with Gasteiger partial charge in [-0.15, -0.1) is 0 Å². The minimum absolute atomic E-state index is 0.0867. The quantitative estimate of drug-likeness (QED) is 0.0243. The molecule has 8 N–H and O–H groups in total. The lowest BCUT2D eigenvalue weighted by Gasteiger charge is -2.25. The summed E-state index contributed by atoms with van der Waals surface area (Å²) in [6, 6.07) is 27.6. The average molecular weight is 1020 g/mol. The van der Waals surface area contributed by atoms with Crippen LogP contribution in [0.4, 0.5) is 9.59 Å². The molecule has 0 radical (unpaired) electrons. The predicted octanol–water partition coefficient (Wildman–Crippen LogP) is 8.26. The van der Waals surface area contributed by atoms with E-state index in [1.54, 1.807) is 65.8 Å². The number of alkyl carbamates (subject to hydrolysis) is 2. The van der Waals surface area contributed by atoms with Gasteiger partial charge in [-0.2, -0.15) is 0 Å². The molecular weight excluding hydrogens is 941 g/mol. The van der Waals surface area contributed by atoms with Crippen LogP contribution in [0.5, 0.6) is 11.5 Å². The van der Waals surface area contributed by atoms with Crippen LogP contribution >= 0.6 is 0 Å². The Hall–Kier alpha value is -7.10. The van der Waals surface area contributed by atoms with Crippen LogP contribution in [0.25, 0.3) is 0 Å². The number of hydrogen-bond donors (Lipinski definition) is 8. The second kappa shape index (κ2) is 30.8. The van der Waals surface area contributed by atoms with Gasteiger partial charge in [0.25, 0.3) is 0 Å². The second-order valence-corrected chi connectivity index (χ2v) is 20.8. The third kappa shape index (κ3) is 24.5. The fourth-order valence-electron chi connectivity index (χ4n) is 8.05. The van der Waals surface area contributed by atoms with E-state index in [9.17, 15) is 39.0 Å². The van der Waals surface area contributed by atoms with E-state index in [1.165, 1.54) is 24.3 Å². The van der Waals surface area contributed by atoms with Gasteiger partial charge in [0, 0.05) is 38.8 Å². The molecule has 0 aliphatic carbocycles. The monoisotopic (exact) mass is 1020 g/mol. The van der Waals surface area contributed by atoms with Gasteiger partial charge in [-0.05, 0) is 101 Å². The lowest BCUT2D eigenvalue weighted by Crippen LogP contribution is -2.55. The van der Waals surface area contributed by atoms with Crippen LogP contribution in [0.3, 0.4) is 0 Å². The highest BCUT2D eigenvalue weighted by Crippen LogP contribution is 2.16. The van der Waals surface area contributed by atoms with Crippen molar-refractivity contribution in [1.82, 2.24) is 31.9 Å². The fraction of sp³-hybridized carbons (Fsp3) is 0.483. The third-order valence-electron chi connectivity index (χ3n) is 11.8. The van der Waals surface area contributed by atoms with E-state index < -0.39 is 59.4 Å². The lowest BCUT2D eigenvalue weighted by atomic mass is 10.0. The Morgan fingerprint density at radius 2 is 0.649 bits per heavy atom. The first-order valence-electron chi connectivity index (χ1n) is 26.0. The van der Waals surface area contributed by atoms with Crippen LogP contribution in [0.15, 0.2) is 109 Å². The van der Waals surface area contributed by atoms with Crippen LogP contribution in [0.2, 0.25) is 0 Å². The molecule has 0 unspecified atom stereocenters. The van der Waals surface area contributed by atoms with E-state index in [0.29, 0.717) is 13.1 Å². The summed E-state index contributed by atoms with van der Waals surface area (Å²) in [5.74, 6) is -1.58. The number of nitrogens with one attached hydrogen (secondary N) is 6. The summed E-state index contributed by atoms with van der Waals surface area (Å²) in [6.07, 6.45) is 8.93. The van der Waals surface area contributed by atoms with Gasteiger partial charge in [0.2, 0.25) is 23.6 Å². The van der Waals surface area contributed by atoms with Crippen molar-refractivity contribution in [2.24, 2.45) is 0 Å². The maximum atomic E-state index is 13.8. The standard InChI is InChI=1S/C58H80N6O10/c1-57(2,3)73-55(71)63-49(37-41-23-17-15-18-24-41)53(69)61-47(39-43-27-31-45(65)32-28-43)51(67)59-35-21-13-11-9-7-8-10-12-14-22-36-60-52(68)48(40-44-29-33-46(66)34-30-44)62-54(70)50(38-42-25-19-16-20-26-42)64-56(72)74-58(4,5)6/h15-20,23-34,47-50,65-66H,7-14,21-22,35-40H2,1-6H3,(H,59,67)(H,60,68)(H,61,69)(H,62,70)(H,63,71)(H,64,72)/t47-,48-,49-,50-/m0/s1. The Labute approximate surface area is 437 Å². The highest BCUT2D eigenvalue weighted by atomic mass is 16.6. The largest absolute Gasteiger partial charge is 0.508 e. The molecule has 402 valence electrons. The molecule has 4 atom stereocenters. The molecular formula is C58H80N6O10. The average Bonchev–Trinajstić information content (AvgIpc) is 3.33. The molecule has 16 heteroatoms. The molecule has 0 aliphatic heterocycles. The summed E-state index contributed by atoms with van der Waals surface area (Å²) in [4.78, 5) is 80.4. The first-order chi connectivity index (χ1) is 35.2. The van der Waals surface area contributed by atoms with Crippen molar-refractivity contribution in [2.45, 2.75) is 167 Å². The zero-order valence-corrected chi connectivity index (χ0v) is 44.2. The maximum Gasteiger partial charge on any atom is 0.408 e. The molecule has 74 heavy (non-hydrogen) atoms. The lowest BCUT2D eigenvalue weighted by molar-refractivity contribution is -0.130. The minimum atomic E-state index is -1.01. The number of carbonyl (C=O) groups is 6. The number of phenolic OH excluding ortho intramolecular Hbond substituents is 2. The van der Waals surface area contributed by atoms with E-state index >= 15 is 0 Å². The highest BCUT2D eigenvalue weighted by Gasteiger charge is 2.31. The number of hydrogen-bond acceptors (Lipinski definition) is 10. The Morgan fingerprint density at radius 1 is 0.378 bits per heavy atom. The van der Waals surface area contributed by atoms with Gasteiger partial charge in [-0.1, -0.05) is 136 Å². The number of benzene rings is 4. The zero-order chi connectivity index (χ0) is 53.9. The summed E-state index contributed by atoms with van der Waals surface area (Å²) < 4.78 is 10.9. The molecule has 0 saturated heterocycles. The smallest absolute Gasteiger partial charge is 0.408 e. The summed E-state index contributed by atoms with van der Waals surface area (Å²) in [7, 11) is 0. The second-order valence-electron chi connectivity index (χ2n) is 20.8. The molecule has 0 bridgehead atoms. The van der Waals surface area contributed by atoms with Crippen molar-refractivity contribution >= 4 is 35.8 Å². The van der Waals surface area contributed by atoms with Gasteiger partial charge < -0.3 is 51.6 Å². The third-order valence-corrected chi connectivity index (χ3v) is 11.8.